The molecule has 3 atom stereocenters. The number of nitrogens with zero attached hydrogens (tertiary/aromatic N) is 8. The van der Waals surface area contributed by atoms with Gasteiger partial charge in [-0.3, -0.25) is 43.2 Å². The van der Waals surface area contributed by atoms with E-state index in [-0.39, 0.29) is 141 Å². The molecule has 2 aliphatic rings. The number of carbonyl (C=O) groups is 10. The second-order valence-electron chi connectivity index (χ2n) is 26.9. The summed E-state index contributed by atoms with van der Waals surface area (Å²) in [7, 11) is 1.27. The number of hydrogen-bond donors (Lipinski definition) is 0. The van der Waals surface area contributed by atoms with Gasteiger partial charge in [0.2, 0.25) is 0 Å². The molecule has 0 bridgehead atoms. The van der Waals surface area contributed by atoms with E-state index in [2.05, 4.69) is 82.1 Å². The van der Waals surface area contributed by atoms with Crippen LogP contribution in [0.25, 0.3) is 0 Å². The number of hydrogen-bond acceptors (Lipinski definition) is 32. The van der Waals surface area contributed by atoms with Gasteiger partial charge in [-0.1, -0.05) is 123 Å². The van der Waals surface area contributed by atoms with Gasteiger partial charge in [-0.2, -0.15) is 0 Å². The molecule has 42 heteroatoms. The first-order chi connectivity index (χ1) is 54.7. The Morgan fingerprint density at radius 3 is 0.948 bits per heavy atom. The predicted molar refractivity (Wildman–Crippen MR) is 424 cm³/mol. The molecule has 36 nitrogen and oxygen atoms in total. The van der Waals surface area contributed by atoms with Gasteiger partial charge in [-0.25, -0.2) is 23.3 Å². The van der Waals surface area contributed by atoms with E-state index in [1.54, 1.807) is 41.5 Å². The van der Waals surface area contributed by atoms with Crippen molar-refractivity contribution < 1.29 is 171 Å². The Labute approximate surface area is 726 Å². The molecule has 4 heterocycles. The molecule has 0 aliphatic carbocycles. The van der Waals surface area contributed by atoms with Crippen LogP contribution >= 0.6 is 49.3 Å². The van der Waals surface area contributed by atoms with Crippen LogP contribution in [0.5, 0.6) is 0 Å². The first-order valence-electron chi connectivity index (χ1n) is 38.8. The van der Waals surface area contributed by atoms with Gasteiger partial charge in [-0.15, -0.1) is 10.2 Å². The van der Waals surface area contributed by atoms with Crippen LogP contribution in [0, 0.1) is 5.41 Å². The quantitative estimate of drug-likeness (QED) is 0.0113. The van der Waals surface area contributed by atoms with Crippen molar-refractivity contribution in [1.29, 1.82) is 0 Å². The summed E-state index contributed by atoms with van der Waals surface area (Å²) in [4.78, 5) is 126. The van der Waals surface area contributed by atoms with E-state index < -0.39 is 61.9 Å². The monoisotopic (exact) mass is 1890 g/mol. The molecule has 4 rings (SSSR count). The Hall–Kier alpha value is -4.69. The third-order valence-corrected chi connectivity index (χ3v) is 18.2. The number of carbonyl (C=O) groups excluding carboxylic acids is 10. The van der Waals surface area contributed by atoms with Crippen LogP contribution in [-0.2, 0) is 174 Å². The van der Waals surface area contributed by atoms with Crippen LogP contribution in [0.15, 0.2) is 24.5 Å². The summed E-state index contributed by atoms with van der Waals surface area (Å²) in [5, 5.41) is 17.3. The van der Waals surface area contributed by atoms with Crippen molar-refractivity contribution in [2.24, 2.45) is 5.41 Å². The summed E-state index contributed by atoms with van der Waals surface area (Å²) in [6.07, 6.45) is 19.8. The second kappa shape index (κ2) is 69.9. The van der Waals surface area contributed by atoms with Gasteiger partial charge in [0.05, 0.1) is 175 Å². The van der Waals surface area contributed by atoms with Crippen molar-refractivity contribution in [3.8, 4) is 0 Å². The maximum absolute atomic E-state index is 12.8. The van der Waals surface area contributed by atoms with Gasteiger partial charge in [0.15, 0.2) is 0 Å². The Morgan fingerprint density at radius 2 is 0.655 bits per heavy atom. The number of rotatable bonds is 66. The number of halogens is 2. The van der Waals surface area contributed by atoms with Gasteiger partial charge >= 0.3 is 36.2 Å². The number of hydroxylamine groups is 4. The molecule has 0 spiro atoms. The fourth-order valence-electron chi connectivity index (χ4n) is 9.81. The zero-order valence-corrected chi connectivity index (χ0v) is 76.7. The Balaban J connectivity index is 0.00000189. The molecular weight excluding hydrogens is 1770 g/mol. The van der Waals surface area contributed by atoms with Gasteiger partial charge in [0.1, 0.15) is 35.1 Å². The fraction of sp³-hybridized carbons (Fsp3) is 0.784. The number of imide groups is 2. The average molecular weight is 1900 g/mol. The minimum Gasteiger partial charge on any atom is -0.465 e. The standard InChI is InChI=1S/C37H62BrN4O14P.C21H33NO12.C16H29BrN3O2P.2V/c1-36(2,33(45)53-15-11-9-7-5-6-8-10-12-30-28-41(57-4)40-39-30)29-37(3,38)34(46)54-26-24-51-22-20-49-18-16-48-17-19-50-21-23-52-25-27-55-35(47)56-42-31(43)13-14-32(42)44;1-17(2)20(25)32-15-13-30-11-9-28-7-5-27-6-8-29-10-12-31-14-16-33-21(26)34-22-18(23)3-4-19(22)24;1-16(2,17)15(21)22-12-10-8-6-4-5-7-9-11-14-13-20(23-3)19-18-14;;/h28,57H,5-27,29H2,1-4H3;1,3-16H2,2H3;13,23H,4-12H2,1-3H3;;. The SMILES string of the molecule is C=C(C)C(=O)OCCOCCOCCOCCOCCOCCOC(=O)ON1C(=O)CCC1=O.CPn1cc(CCCCCCCCCOC(=O)C(C)(C)Br)nn1.CPn1cc(CCCCCCCCCOC(=O)C(C)(C)CC(C)(Br)C(=O)OCCOCCOCCOCCOCCOCCOC(=O)ON2C(=O)CCC2=O)nn1.[V].[V]. The first kappa shape index (κ1) is 111. The zero-order chi connectivity index (χ0) is 83.9. The zero-order valence-electron chi connectivity index (χ0n) is 68.8. The molecule has 2 fully saturated rings. The van der Waals surface area contributed by atoms with Crippen LogP contribution < -0.4 is 0 Å². The predicted octanol–water partition coefficient (Wildman–Crippen LogP) is 9.32. The van der Waals surface area contributed by atoms with Gasteiger partial charge in [0.25, 0.3) is 23.6 Å². The van der Waals surface area contributed by atoms with Crippen molar-refractivity contribution >= 4 is 109 Å². The van der Waals surface area contributed by atoms with E-state index in [4.69, 9.17) is 75.8 Å². The molecule has 2 aromatic rings. The van der Waals surface area contributed by atoms with Gasteiger partial charge in [-0.05, 0) is 99.8 Å². The Morgan fingerprint density at radius 1 is 0.388 bits per heavy atom. The Kier molecular flexibility index (Phi) is 67.1. The molecule has 2 radical (unpaired) electrons. The van der Waals surface area contributed by atoms with E-state index >= 15 is 0 Å². The molecule has 0 saturated carbocycles. The minimum atomic E-state index is -1.15. The normalized spacial score (nSPS) is 13.4. The Bertz CT molecular complexity index is 3020. The largest absolute Gasteiger partial charge is 0.534 e. The molecule has 4 amide bonds. The van der Waals surface area contributed by atoms with Crippen LogP contribution in [0.1, 0.15) is 175 Å². The van der Waals surface area contributed by atoms with Crippen molar-refractivity contribution in [3.05, 3.63) is 35.9 Å². The van der Waals surface area contributed by atoms with Crippen LogP contribution in [-0.4, -0.2) is 293 Å². The number of aromatic nitrogens is 6. The maximum Gasteiger partial charge on any atom is 0.534 e. The number of unbranched alkanes of at least 4 members (excludes halogenated alkanes) is 12. The van der Waals surface area contributed by atoms with Crippen LogP contribution in [0.3, 0.4) is 0 Å². The number of amides is 4. The molecular formula is C74H124Br2N8O28P2V2. The molecule has 0 N–H and O–H groups in total. The second-order valence-corrected chi connectivity index (χ2v) is 32.5. The average Bonchev–Trinajstić information content (AvgIpc) is 1.01. The molecule has 0 aromatic carbocycles. The van der Waals surface area contributed by atoms with E-state index in [0.717, 1.165) is 69.2 Å². The minimum absolute atomic E-state index is 0. The van der Waals surface area contributed by atoms with Gasteiger partial charge in [0, 0.05) is 85.8 Å². The molecule has 116 heavy (non-hydrogen) atoms. The number of alkyl halides is 2. The van der Waals surface area contributed by atoms with Crippen molar-refractivity contribution in [3.63, 3.8) is 0 Å². The summed E-state index contributed by atoms with van der Waals surface area (Å²) in [5.74, 6) is -3.75. The summed E-state index contributed by atoms with van der Waals surface area (Å²) in [5.41, 5.74) is 1.63. The first-order valence-corrected chi connectivity index (χ1v) is 43.3. The summed E-state index contributed by atoms with van der Waals surface area (Å²) < 4.78 is 86.1. The summed E-state index contributed by atoms with van der Waals surface area (Å²) in [6.45, 7) is 25.4. The summed E-state index contributed by atoms with van der Waals surface area (Å²) >= 11 is 6.76. The number of esters is 4. The third kappa shape index (κ3) is 57.5. The fourth-order valence-corrected chi connectivity index (χ4v) is 11.6. The topological polar surface area (TPSA) is 405 Å². The summed E-state index contributed by atoms with van der Waals surface area (Å²) in [6, 6.07) is 0. The van der Waals surface area contributed by atoms with E-state index in [9.17, 15) is 47.9 Å². The van der Waals surface area contributed by atoms with E-state index in [0.29, 0.717) is 145 Å². The van der Waals surface area contributed by atoms with Crippen LogP contribution in [0.4, 0.5) is 9.59 Å². The molecule has 2 aromatic heterocycles. The molecule has 2 aliphatic heterocycles. The van der Waals surface area contributed by atoms with Crippen LogP contribution in [0.2, 0.25) is 0 Å². The number of ether oxygens (including phenoxy) is 16. The van der Waals surface area contributed by atoms with Crippen molar-refractivity contribution in [2.75, 3.05) is 185 Å². The van der Waals surface area contributed by atoms with E-state index in [1.807, 2.05) is 21.3 Å². The van der Waals surface area contributed by atoms with Gasteiger partial charge < -0.3 is 75.8 Å². The maximum atomic E-state index is 12.8. The molecule has 662 valence electrons. The molecule has 3 unspecified atom stereocenters. The molecule has 2 saturated heterocycles. The third-order valence-electron chi connectivity index (χ3n) is 15.9. The smallest absolute Gasteiger partial charge is 0.465 e. The van der Waals surface area contributed by atoms with Crippen molar-refractivity contribution in [1.82, 2.24) is 39.7 Å². The van der Waals surface area contributed by atoms with E-state index in [1.165, 1.54) is 44.9 Å². The number of aryl methyl sites for hydroxylation is 2. The van der Waals surface area contributed by atoms with Crippen molar-refractivity contribution in [2.45, 2.75) is 185 Å².